The molecule has 0 spiro atoms. The number of hydrogen-bond acceptors (Lipinski definition) is 3. The number of carboxylic acid groups (broad SMARTS) is 2. The predicted molar refractivity (Wildman–Crippen MR) is 67.3 cm³/mol. The van der Waals surface area contributed by atoms with Crippen LogP contribution >= 0.6 is 11.6 Å². The molecule has 2 amide bonds. The Labute approximate surface area is 113 Å². The van der Waals surface area contributed by atoms with Gasteiger partial charge in [-0.15, -0.1) is 0 Å². The summed E-state index contributed by atoms with van der Waals surface area (Å²) >= 11 is 5.66. The van der Waals surface area contributed by atoms with Gasteiger partial charge in [-0.05, 0) is 24.3 Å². The van der Waals surface area contributed by atoms with E-state index < -0.39 is 30.4 Å². The van der Waals surface area contributed by atoms with E-state index in [-0.39, 0.29) is 0 Å². The number of rotatable bonds is 5. The van der Waals surface area contributed by atoms with Crippen molar-refractivity contribution in [1.82, 2.24) is 5.32 Å². The molecule has 1 rings (SSSR count). The molecular weight excluding hydrogens is 276 g/mol. The number of amides is 2. The molecule has 0 aromatic heterocycles. The van der Waals surface area contributed by atoms with Crippen molar-refractivity contribution in [3.8, 4) is 0 Å². The van der Waals surface area contributed by atoms with E-state index >= 15 is 0 Å². The first kappa shape index (κ1) is 14.8. The van der Waals surface area contributed by atoms with Crippen LogP contribution in [0.15, 0.2) is 24.3 Å². The minimum absolute atomic E-state index is 0.404. The van der Waals surface area contributed by atoms with E-state index in [9.17, 15) is 14.4 Å². The summed E-state index contributed by atoms with van der Waals surface area (Å²) in [5.74, 6) is -2.74. The molecule has 1 atom stereocenters. The smallest absolute Gasteiger partial charge is 0.326 e. The molecule has 0 heterocycles. The van der Waals surface area contributed by atoms with Gasteiger partial charge < -0.3 is 20.8 Å². The van der Waals surface area contributed by atoms with Crippen LogP contribution in [0.3, 0.4) is 0 Å². The highest BCUT2D eigenvalue weighted by atomic mass is 35.5. The van der Waals surface area contributed by atoms with Gasteiger partial charge in [0.1, 0.15) is 6.04 Å². The third-order valence-corrected chi connectivity index (χ3v) is 2.34. The zero-order chi connectivity index (χ0) is 14.4. The Balaban J connectivity index is 2.59. The second-order valence-corrected chi connectivity index (χ2v) is 4.03. The Hall–Kier alpha value is -2.28. The molecule has 0 fully saturated rings. The zero-order valence-corrected chi connectivity index (χ0v) is 10.3. The van der Waals surface area contributed by atoms with Gasteiger partial charge in [0.05, 0.1) is 6.42 Å². The highest BCUT2D eigenvalue weighted by molar-refractivity contribution is 6.30. The third-order valence-electron chi connectivity index (χ3n) is 2.08. The van der Waals surface area contributed by atoms with Crippen LogP contribution in [0, 0.1) is 0 Å². The molecule has 8 heteroatoms. The van der Waals surface area contributed by atoms with Crippen molar-refractivity contribution in [2.45, 2.75) is 12.5 Å². The number of aliphatic carboxylic acids is 2. The average Bonchev–Trinajstić information content (AvgIpc) is 2.30. The molecule has 0 aliphatic rings. The number of hydrogen-bond donors (Lipinski definition) is 4. The summed E-state index contributed by atoms with van der Waals surface area (Å²) in [4.78, 5) is 32.7. The summed E-state index contributed by atoms with van der Waals surface area (Å²) in [6.45, 7) is 0. The Morgan fingerprint density at radius 1 is 1.16 bits per heavy atom. The monoisotopic (exact) mass is 286 g/mol. The quantitative estimate of drug-likeness (QED) is 0.653. The Morgan fingerprint density at radius 2 is 1.74 bits per heavy atom. The van der Waals surface area contributed by atoms with Crippen LogP contribution in [0.2, 0.25) is 5.02 Å². The Bertz CT molecular complexity index is 488. The van der Waals surface area contributed by atoms with Crippen molar-refractivity contribution < 1.29 is 24.6 Å². The van der Waals surface area contributed by atoms with E-state index in [0.717, 1.165) is 0 Å². The SMILES string of the molecule is O=C(O)CC(NC(=O)Nc1ccc(Cl)cc1)C(=O)O. The maximum Gasteiger partial charge on any atom is 0.326 e. The lowest BCUT2D eigenvalue weighted by atomic mass is 10.2. The van der Waals surface area contributed by atoms with Crippen molar-refractivity contribution in [2.24, 2.45) is 0 Å². The zero-order valence-electron chi connectivity index (χ0n) is 9.59. The molecule has 0 bridgehead atoms. The van der Waals surface area contributed by atoms with Crippen LogP contribution < -0.4 is 10.6 Å². The highest BCUT2D eigenvalue weighted by Gasteiger charge is 2.22. The summed E-state index contributed by atoms with van der Waals surface area (Å²) in [5.41, 5.74) is 0.404. The molecule has 1 unspecified atom stereocenters. The number of halogens is 1. The van der Waals surface area contributed by atoms with E-state index in [2.05, 4.69) is 5.32 Å². The number of carboxylic acids is 2. The largest absolute Gasteiger partial charge is 0.481 e. The first-order valence-electron chi connectivity index (χ1n) is 5.16. The van der Waals surface area contributed by atoms with Gasteiger partial charge in [0, 0.05) is 10.7 Å². The Kier molecular flexibility index (Phi) is 5.13. The van der Waals surface area contributed by atoms with Crippen molar-refractivity contribution in [2.75, 3.05) is 5.32 Å². The van der Waals surface area contributed by atoms with Crippen LogP contribution in [0.1, 0.15) is 6.42 Å². The van der Waals surface area contributed by atoms with Crippen LogP contribution in [0.25, 0.3) is 0 Å². The minimum atomic E-state index is -1.50. The maximum absolute atomic E-state index is 11.5. The highest BCUT2D eigenvalue weighted by Crippen LogP contribution is 2.13. The van der Waals surface area contributed by atoms with Gasteiger partial charge in [-0.3, -0.25) is 4.79 Å². The number of carbonyl (C=O) groups excluding carboxylic acids is 1. The fourth-order valence-corrected chi connectivity index (χ4v) is 1.36. The Morgan fingerprint density at radius 3 is 2.21 bits per heavy atom. The summed E-state index contributed by atoms with van der Waals surface area (Å²) < 4.78 is 0. The number of urea groups is 1. The molecular formula is C11H11ClN2O5. The van der Waals surface area contributed by atoms with E-state index in [1.807, 2.05) is 5.32 Å². The van der Waals surface area contributed by atoms with Crippen LogP contribution in [0.5, 0.6) is 0 Å². The lowest BCUT2D eigenvalue weighted by molar-refractivity contribution is -0.145. The predicted octanol–water partition coefficient (Wildman–Crippen LogP) is 1.39. The first-order valence-corrected chi connectivity index (χ1v) is 5.54. The molecule has 0 saturated carbocycles. The van der Waals surface area contributed by atoms with E-state index in [1.165, 1.54) is 12.1 Å². The van der Waals surface area contributed by atoms with Gasteiger partial charge in [0.2, 0.25) is 0 Å². The maximum atomic E-state index is 11.5. The standard InChI is InChI=1S/C11H11ClN2O5/c12-6-1-3-7(4-2-6)13-11(19)14-8(10(17)18)5-9(15)16/h1-4,8H,5H2,(H,15,16)(H,17,18)(H2,13,14,19). The minimum Gasteiger partial charge on any atom is -0.481 e. The molecule has 7 nitrogen and oxygen atoms in total. The molecule has 0 aliphatic heterocycles. The van der Waals surface area contributed by atoms with Gasteiger partial charge in [-0.25, -0.2) is 9.59 Å². The summed E-state index contributed by atoms with van der Waals surface area (Å²) in [6.07, 6.45) is -0.705. The van der Waals surface area contributed by atoms with E-state index in [4.69, 9.17) is 21.8 Å². The van der Waals surface area contributed by atoms with Gasteiger partial charge >= 0.3 is 18.0 Å². The number of benzene rings is 1. The fourth-order valence-electron chi connectivity index (χ4n) is 1.23. The second kappa shape index (κ2) is 6.60. The van der Waals surface area contributed by atoms with Crippen LogP contribution in [-0.4, -0.2) is 34.2 Å². The van der Waals surface area contributed by atoms with Crippen molar-refractivity contribution >= 4 is 35.3 Å². The molecule has 4 N–H and O–H groups in total. The van der Waals surface area contributed by atoms with Crippen molar-refractivity contribution in [3.63, 3.8) is 0 Å². The second-order valence-electron chi connectivity index (χ2n) is 3.59. The molecule has 19 heavy (non-hydrogen) atoms. The average molecular weight is 287 g/mol. The van der Waals surface area contributed by atoms with E-state index in [0.29, 0.717) is 10.7 Å². The molecule has 102 valence electrons. The number of nitrogens with one attached hydrogen (secondary N) is 2. The van der Waals surface area contributed by atoms with Crippen molar-refractivity contribution in [3.05, 3.63) is 29.3 Å². The summed E-state index contributed by atoms with van der Waals surface area (Å²) in [6, 6.07) is 3.83. The van der Waals surface area contributed by atoms with E-state index in [1.54, 1.807) is 12.1 Å². The number of anilines is 1. The molecule has 1 aromatic rings. The molecule has 0 radical (unpaired) electrons. The summed E-state index contributed by atoms with van der Waals surface area (Å²) in [7, 11) is 0. The topological polar surface area (TPSA) is 116 Å². The third kappa shape index (κ3) is 5.26. The van der Waals surface area contributed by atoms with Gasteiger partial charge in [0.25, 0.3) is 0 Å². The van der Waals surface area contributed by atoms with Crippen LogP contribution in [-0.2, 0) is 9.59 Å². The normalized spacial score (nSPS) is 11.4. The van der Waals surface area contributed by atoms with Gasteiger partial charge in [-0.1, -0.05) is 11.6 Å². The lowest BCUT2D eigenvalue weighted by Gasteiger charge is -2.13. The van der Waals surface area contributed by atoms with Crippen LogP contribution in [0.4, 0.5) is 10.5 Å². The lowest BCUT2D eigenvalue weighted by Crippen LogP contribution is -2.44. The molecule has 0 aliphatic carbocycles. The van der Waals surface area contributed by atoms with Gasteiger partial charge in [0.15, 0.2) is 0 Å². The fraction of sp³-hybridized carbons (Fsp3) is 0.182. The van der Waals surface area contributed by atoms with Gasteiger partial charge in [-0.2, -0.15) is 0 Å². The van der Waals surface area contributed by atoms with Crippen molar-refractivity contribution in [1.29, 1.82) is 0 Å². The number of carbonyl (C=O) groups is 3. The molecule has 1 aromatic carbocycles. The first-order chi connectivity index (χ1) is 8.88. The molecule has 0 saturated heterocycles. The summed E-state index contributed by atoms with van der Waals surface area (Å²) in [5, 5.41) is 22.2.